The van der Waals surface area contributed by atoms with Crippen LogP contribution in [0.25, 0.3) is 0 Å². The summed E-state index contributed by atoms with van der Waals surface area (Å²) < 4.78 is 38.8. The Morgan fingerprint density at radius 2 is 1.62 bits per heavy atom. The van der Waals surface area contributed by atoms with Gasteiger partial charge in [-0.3, -0.25) is 4.79 Å². The largest absolute Gasteiger partial charge is 0.493 e. The number of benzene rings is 2. The van der Waals surface area contributed by atoms with E-state index in [-0.39, 0.29) is 41.8 Å². The number of ether oxygens (including phenoxy) is 7. The minimum atomic E-state index is -0.947. The quantitative estimate of drug-likeness (QED) is 0.283. The summed E-state index contributed by atoms with van der Waals surface area (Å²) in [4.78, 5) is 39.3. The van der Waals surface area contributed by atoms with E-state index in [4.69, 9.17) is 33.2 Å². The van der Waals surface area contributed by atoms with Crippen LogP contribution in [0.1, 0.15) is 57.0 Å². The molecule has 1 aliphatic heterocycles. The number of carbonyl (C=O) groups is 3. The van der Waals surface area contributed by atoms with Crippen molar-refractivity contribution in [3.63, 3.8) is 0 Å². The van der Waals surface area contributed by atoms with Crippen LogP contribution in [0.2, 0.25) is 0 Å². The van der Waals surface area contributed by atoms with Gasteiger partial charge in [-0.05, 0) is 57.2 Å². The number of fused-ring (bicyclic) bond motifs is 1. The molecule has 11 heteroatoms. The zero-order valence-electron chi connectivity index (χ0n) is 25.7. The Kier molecular flexibility index (Phi) is 10.5. The summed E-state index contributed by atoms with van der Waals surface area (Å²) >= 11 is 0. The number of hydrogen-bond donors (Lipinski definition) is 1. The molecule has 0 bridgehead atoms. The van der Waals surface area contributed by atoms with Crippen LogP contribution in [0.15, 0.2) is 24.3 Å². The lowest BCUT2D eigenvalue weighted by Gasteiger charge is -2.27. The predicted octanol–water partition coefficient (Wildman–Crippen LogP) is 5.00. The number of carbonyl (C=O) groups excluding carboxylic acids is 3. The van der Waals surface area contributed by atoms with E-state index in [1.807, 2.05) is 13.8 Å². The molecule has 1 N–H and O–H groups in total. The number of alkyl carbamates (subject to hydrolysis) is 1. The Morgan fingerprint density at radius 3 is 2.19 bits per heavy atom. The second-order valence-corrected chi connectivity index (χ2v) is 11.3. The number of amides is 1. The maximum absolute atomic E-state index is 13.6. The Hall–Kier alpha value is -4.15. The summed E-state index contributed by atoms with van der Waals surface area (Å²) in [6.07, 6.45) is -0.0917. The first kappa shape index (κ1) is 32.4. The number of rotatable bonds is 11. The van der Waals surface area contributed by atoms with Crippen molar-refractivity contribution in [2.45, 2.75) is 59.1 Å². The third-order valence-electron chi connectivity index (χ3n) is 6.45. The minimum absolute atomic E-state index is 0.0847. The highest BCUT2D eigenvalue weighted by atomic mass is 16.6. The highest BCUT2D eigenvalue weighted by Gasteiger charge is 2.36. The van der Waals surface area contributed by atoms with Gasteiger partial charge in [0.05, 0.1) is 41.0 Å². The van der Waals surface area contributed by atoms with E-state index in [0.29, 0.717) is 35.0 Å². The number of hydrogen-bond acceptors (Lipinski definition) is 10. The lowest BCUT2D eigenvalue weighted by atomic mass is 9.88. The molecular formula is C31H41NO10. The van der Waals surface area contributed by atoms with Crippen LogP contribution < -0.4 is 33.7 Å². The van der Waals surface area contributed by atoms with E-state index in [0.717, 1.165) is 0 Å². The van der Waals surface area contributed by atoms with E-state index in [9.17, 15) is 14.4 Å². The number of nitrogens with one attached hydrogen (secondary N) is 1. The molecule has 0 saturated carbocycles. The maximum atomic E-state index is 13.6. The van der Waals surface area contributed by atoms with Gasteiger partial charge in [-0.15, -0.1) is 0 Å². The van der Waals surface area contributed by atoms with Crippen molar-refractivity contribution in [2.75, 3.05) is 35.0 Å². The zero-order chi connectivity index (χ0) is 31.2. The Morgan fingerprint density at radius 1 is 0.952 bits per heavy atom. The first-order valence-electron chi connectivity index (χ1n) is 13.7. The van der Waals surface area contributed by atoms with E-state index in [1.54, 1.807) is 45.0 Å². The molecule has 230 valence electrons. The molecule has 2 aromatic rings. The Balaban J connectivity index is 1.84. The molecule has 1 unspecified atom stereocenters. The van der Waals surface area contributed by atoms with Gasteiger partial charge in [0, 0.05) is 6.07 Å². The molecule has 1 heterocycles. The van der Waals surface area contributed by atoms with Crippen LogP contribution in [-0.4, -0.2) is 64.5 Å². The van der Waals surface area contributed by atoms with Crippen molar-refractivity contribution >= 4 is 17.8 Å². The van der Waals surface area contributed by atoms with Gasteiger partial charge in [-0.25, -0.2) is 9.59 Å². The molecule has 0 saturated heterocycles. The zero-order valence-corrected chi connectivity index (χ0v) is 25.7. The van der Waals surface area contributed by atoms with Crippen molar-refractivity contribution in [2.24, 2.45) is 11.8 Å². The van der Waals surface area contributed by atoms with Gasteiger partial charge in [0.2, 0.25) is 5.75 Å². The van der Waals surface area contributed by atoms with E-state index in [1.165, 1.54) is 28.4 Å². The van der Waals surface area contributed by atoms with Crippen LogP contribution in [0.4, 0.5) is 4.79 Å². The van der Waals surface area contributed by atoms with Crippen LogP contribution in [-0.2, 0) is 16.0 Å². The molecule has 2 aromatic carbocycles. The highest BCUT2D eigenvalue weighted by Crippen LogP contribution is 2.47. The molecule has 1 amide bonds. The molecule has 2 atom stereocenters. The van der Waals surface area contributed by atoms with Crippen LogP contribution in [0.5, 0.6) is 34.5 Å². The van der Waals surface area contributed by atoms with Crippen LogP contribution >= 0.6 is 0 Å². The SMILES string of the molecule is COc1ccc(CC2COc3cc(OC)c(OC)c(OC)c3C2=O)cc1OC(=O)[C@H](CC(C)C)NC(=O)OC(C)(C)C. The molecule has 0 aliphatic carbocycles. The summed E-state index contributed by atoms with van der Waals surface area (Å²) in [5.41, 5.74) is 0.260. The molecule has 3 rings (SSSR count). The molecule has 0 spiro atoms. The summed E-state index contributed by atoms with van der Waals surface area (Å²) in [7, 11) is 5.86. The summed E-state index contributed by atoms with van der Waals surface area (Å²) in [5.74, 6) is 0.442. The number of methoxy groups -OCH3 is 4. The third-order valence-corrected chi connectivity index (χ3v) is 6.45. The fourth-order valence-corrected chi connectivity index (χ4v) is 4.63. The summed E-state index contributed by atoms with van der Waals surface area (Å²) in [6, 6.07) is 5.75. The summed E-state index contributed by atoms with van der Waals surface area (Å²) in [5, 5.41) is 2.62. The summed E-state index contributed by atoms with van der Waals surface area (Å²) in [6.45, 7) is 9.21. The van der Waals surface area contributed by atoms with Crippen LogP contribution in [0.3, 0.4) is 0 Å². The second-order valence-electron chi connectivity index (χ2n) is 11.3. The fraction of sp³-hybridized carbons (Fsp3) is 0.516. The molecule has 1 aliphatic rings. The van der Waals surface area contributed by atoms with Gasteiger partial charge < -0.3 is 38.5 Å². The van der Waals surface area contributed by atoms with Crippen molar-refractivity contribution in [1.82, 2.24) is 5.32 Å². The average Bonchev–Trinajstić information content (AvgIpc) is 2.91. The molecule has 42 heavy (non-hydrogen) atoms. The molecule has 0 radical (unpaired) electrons. The van der Waals surface area contributed by atoms with Gasteiger partial charge in [0.25, 0.3) is 0 Å². The molecule has 0 aromatic heterocycles. The number of esters is 1. The number of Topliss-reactive ketones (excluding diaryl/α,β-unsaturated/α-hetero) is 1. The molecule has 11 nitrogen and oxygen atoms in total. The van der Waals surface area contributed by atoms with E-state index < -0.39 is 29.6 Å². The monoisotopic (exact) mass is 587 g/mol. The molecular weight excluding hydrogens is 546 g/mol. The Labute approximate surface area is 246 Å². The topological polar surface area (TPSA) is 128 Å². The van der Waals surface area contributed by atoms with Crippen molar-refractivity contribution in [1.29, 1.82) is 0 Å². The first-order chi connectivity index (χ1) is 19.8. The van der Waals surface area contributed by atoms with Crippen molar-refractivity contribution < 1.29 is 47.5 Å². The van der Waals surface area contributed by atoms with Gasteiger partial charge in [0.15, 0.2) is 28.8 Å². The minimum Gasteiger partial charge on any atom is -0.493 e. The lowest BCUT2D eigenvalue weighted by molar-refractivity contribution is -0.137. The predicted molar refractivity (Wildman–Crippen MR) is 154 cm³/mol. The van der Waals surface area contributed by atoms with Gasteiger partial charge in [-0.2, -0.15) is 0 Å². The highest BCUT2D eigenvalue weighted by molar-refractivity contribution is 6.05. The van der Waals surface area contributed by atoms with Gasteiger partial charge in [0.1, 0.15) is 23.0 Å². The number of ketones is 1. The smallest absolute Gasteiger partial charge is 0.408 e. The van der Waals surface area contributed by atoms with Crippen molar-refractivity contribution in [3.05, 3.63) is 35.4 Å². The van der Waals surface area contributed by atoms with E-state index in [2.05, 4.69) is 5.32 Å². The fourth-order valence-electron chi connectivity index (χ4n) is 4.63. The maximum Gasteiger partial charge on any atom is 0.408 e. The van der Waals surface area contributed by atoms with Crippen LogP contribution in [0, 0.1) is 11.8 Å². The van der Waals surface area contributed by atoms with Gasteiger partial charge in [-0.1, -0.05) is 19.9 Å². The van der Waals surface area contributed by atoms with E-state index >= 15 is 0 Å². The van der Waals surface area contributed by atoms with Crippen molar-refractivity contribution in [3.8, 4) is 34.5 Å². The standard InChI is InChI=1S/C31H41NO10/c1-17(2)12-20(32-30(35)42-31(3,4)5)29(34)41-22-14-18(10-11-21(22)36-6)13-19-16-40-23-15-24(37-7)27(38-8)28(39-9)25(23)26(19)33/h10-11,14-15,17,19-20H,12-13,16H2,1-9H3,(H,32,35)/t19?,20-/m0/s1. The third kappa shape index (κ3) is 7.77. The van der Waals surface area contributed by atoms with Gasteiger partial charge >= 0.3 is 12.1 Å². The average molecular weight is 588 g/mol. The lowest BCUT2D eigenvalue weighted by Crippen LogP contribution is -2.45. The Bertz CT molecular complexity index is 1300. The second kappa shape index (κ2) is 13.7. The normalized spacial score (nSPS) is 15.2. The first-order valence-corrected chi connectivity index (χ1v) is 13.7. The molecule has 0 fully saturated rings.